The molecule has 0 heterocycles. The van der Waals surface area contributed by atoms with Crippen molar-refractivity contribution < 1.29 is 0 Å². The molecule has 0 unspecified atom stereocenters. The molecule has 0 radical (unpaired) electrons. The van der Waals surface area contributed by atoms with Gasteiger partial charge in [0.1, 0.15) is 0 Å². The van der Waals surface area contributed by atoms with Gasteiger partial charge in [-0.05, 0) is 79.6 Å². The summed E-state index contributed by atoms with van der Waals surface area (Å²) in [6.07, 6.45) is 1.01. The Morgan fingerprint density at radius 2 is 1.53 bits per heavy atom. The molecular formula is C18H23N. The van der Waals surface area contributed by atoms with Crippen molar-refractivity contribution in [1.82, 2.24) is 0 Å². The Bertz CT molecular complexity index is 571. The molecule has 0 bridgehead atoms. The molecule has 0 atom stereocenters. The van der Waals surface area contributed by atoms with Crippen LogP contribution in [0.1, 0.15) is 33.4 Å². The van der Waals surface area contributed by atoms with Crippen LogP contribution < -0.4 is 5.32 Å². The molecule has 0 spiro atoms. The van der Waals surface area contributed by atoms with Gasteiger partial charge in [-0.2, -0.15) is 0 Å². The van der Waals surface area contributed by atoms with Crippen molar-refractivity contribution in [2.24, 2.45) is 0 Å². The third-order valence-electron chi connectivity index (χ3n) is 4.12. The molecule has 0 aliphatic rings. The summed E-state index contributed by atoms with van der Waals surface area (Å²) in [6, 6.07) is 10.9. The van der Waals surface area contributed by atoms with Gasteiger partial charge in [0.15, 0.2) is 0 Å². The molecule has 1 N–H and O–H groups in total. The highest BCUT2D eigenvalue weighted by molar-refractivity contribution is 5.49. The molecule has 2 rings (SSSR count). The van der Waals surface area contributed by atoms with Crippen LogP contribution in [0.25, 0.3) is 0 Å². The standard InChI is InChI=1S/C18H23N/c1-12-9-13(2)15(4)18(14(12)3)11-16-7-6-8-17(10-16)19-5/h6-10,19H,11H2,1-5H3. The molecular weight excluding hydrogens is 230 g/mol. The van der Waals surface area contributed by atoms with E-state index in [1.54, 1.807) is 0 Å². The Kier molecular flexibility index (Phi) is 3.94. The minimum Gasteiger partial charge on any atom is -0.388 e. The number of anilines is 1. The Morgan fingerprint density at radius 3 is 2.11 bits per heavy atom. The monoisotopic (exact) mass is 253 g/mol. The van der Waals surface area contributed by atoms with E-state index in [4.69, 9.17) is 0 Å². The molecule has 0 aromatic heterocycles. The van der Waals surface area contributed by atoms with E-state index in [-0.39, 0.29) is 0 Å². The number of aryl methyl sites for hydroxylation is 2. The van der Waals surface area contributed by atoms with Crippen LogP contribution in [-0.4, -0.2) is 7.05 Å². The van der Waals surface area contributed by atoms with Crippen molar-refractivity contribution in [2.75, 3.05) is 12.4 Å². The van der Waals surface area contributed by atoms with E-state index in [2.05, 4.69) is 63.3 Å². The second-order valence-electron chi connectivity index (χ2n) is 5.37. The average Bonchev–Trinajstić information content (AvgIpc) is 2.41. The first-order chi connectivity index (χ1) is 9.02. The second kappa shape index (κ2) is 5.48. The van der Waals surface area contributed by atoms with Gasteiger partial charge in [-0.3, -0.25) is 0 Å². The Labute approximate surface area is 116 Å². The minimum absolute atomic E-state index is 1.01. The van der Waals surface area contributed by atoms with Crippen LogP contribution in [0.5, 0.6) is 0 Å². The normalized spacial score (nSPS) is 10.6. The van der Waals surface area contributed by atoms with Gasteiger partial charge < -0.3 is 5.32 Å². The van der Waals surface area contributed by atoms with Crippen molar-refractivity contribution in [3.8, 4) is 0 Å². The summed E-state index contributed by atoms with van der Waals surface area (Å²) in [5.41, 5.74) is 9.66. The number of benzene rings is 2. The average molecular weight is 253 g/mol. The van der Waals surface area contributed by atoms with Gasteiger partial charge in [0, 0.05) is 12.7 Å². The number of rotatable bonds is 3. The minimum atomic E-state index is 1.01. The van der Waals surface area contributed by atoms with Crippen LogP contribution in [0.2, 0.25) is 0 Å². The molecule has 100 valence electrons. The van der Waals surface area contributed by atoms with E-state index in [1.165, 1.54) is 39.1 Å². The zero-order chi connectivity index (χ0) is 14.0. The quantitative estimate of drug-likeness (QED) is 0.846. The number of hydrogen-bond donors (Lipinski definition) is 1. The third kappa shape index (κ3) is 2.81. The molecule has 0 fully saturated rings. The fourth-order valence-corrected chi connectivity index (χ4v) is 2.60. The summed E-state index contributed by atoms with van der Waals surface area (Å²) in [5, 5.41) is 3.21. The molecule has 0 saturated heterocycles. The summed E-state index contributed by atoms with van der Waals surface area (Å²) < 4.78 is 0. The first kappa shape index (κ1) is 13.7. The van der Waals surface area contributed by atoms with Gasteiger partial charge in [0.05, 0.1) is 0 Å². The van der Waals surface area contributed by atoms with Crippen LogP contribution in [0.4, 0.5) is 5.69 Å². The van der Waals surface area contributed by atoms with Gasteiger partial charge >= 0.3 is 0 Å². The Morgan fingerprint density at radius 1 is 0.895 bits per heavy atom. The molecule has 0 amide bonds. The van der Waals surface area contributed by atoms with Crippen molar-refractivity contribution in [1.29, 1.82) is 0 Å². The number of nitrogens with one attached hydrogen (secondary N) is 1. The largest absolute Gasteiger partial charge is 0.388 e. The molecule has 0 aliphatic carbocycles. The Balaban J connectivity index is 2.43. The fourth-order valence-electron chi connectivity index (χ4n) is 2.60. The zero-order valence-electron chi connectivity index (χ0n) is 12.6. The highest BCUT2D eigenvalue weighted by Crippen LogP contribution is 2.25. The molecule has 1 heteroatoms. The summed E-state index contributed by atoms with van der Waals surface area (Å²) in [5.74, 6) is 0. The number of hydrogen-bond acceptors (Lipinski definition) is 1. The lowest BCUT2D eigenvalue weighted by Gasteiger charge is -2.16. The SMILES string of the molecule is CNc1cccc(Cc2c(C)c(C)cc(C)c2C)c1. The highest BCUT2D eigenvalue weighted by atomic mass is 14.8. The predicted molar refractivity (Wildman–Crippen MR) is 84.2 cm³/mol. The lowest BCUT2D eigenvalue weighted by atomic mass is 9.90. The van der Waals surface area contributed by atoms with Gasteiger partial charge in [0.25, 0.3) is 0 Å². The van der Waals surface area contributed by atoms with Crippen molar-refractivity contribution in [3.63, 3.8) is 0 Å². The van der Waals surface area contributed by atoms with Crippen LogP contribution in [0, 0.1) is 27.7 Å². The van der Waals surface area contributed by atoms with E-state index in [0.717, 1.165) is 6.42 Å². The maximum atomic E-state index is 3.21. The third-order valence-corrected chi connectivity index (χ3v) is 4.12. The van der Waals surface area contributed by atoms with Crippen molar-refractivity contribution >= 4 is 5.69 Å². The molecule has 0 aliphatic heterocycles. The topological polar surface area (TPSA) is 12.0 Å². The van der Waals surface area contributed by atoms with E-state index in [9.17, 15) is 0 Å². The maximum absolute atomic E-state index is 3.21. The van der Waals surface area contributed by atoms with E-state index in [0.29, 0.717) is 0 Å². The summed E-state index contributed by atoms with van der Waals surface area (Å²) in [6.45, 7) is 8.88. The summed E-state index contributed by atoms with van der Waals surface area (Å²) >= 11 is 0. The van der Waals surface area contributed by atoms with Crippen LogP contribution in [0.3, 0.4) is 0 Å². The zero-order valence-corrected chi connectivity index (χ0v) is 12.6. The lowest BCUT2D eigenvalue weighted by molar-refractivity contribution is 1.08. The molecule has 19 heavy (non-hydrogen) atoms. The lowest BCUT2D eigenvalue weighted by Crippen LogP contribution is -2.01. The van der Waals surface area contributed by atoms with Crippen molar-refractivity contribution in [3.05, 3.63) is 63.7 Å². The molecule has 0 saturated carbocycles. The first-order valence-electron chi connectivity index (χ1n) is 6.86. The molecule has 2 aromatic carbocycles. The van der Waals surface area contributed by atoms with Gasteiger partial charge in [-0.25, -0.2) is 0 Å². The van der Waals surface area contributed by atoms with Crippen LogP contribution >= 0.6 is 0 Å². The smallest absolute Gasteiger partial charge is 0.0340 e. The summed E-state index contributed by atoms with van der Waals surface area (Å²) in [7, 11) is 1.96. The fraction of sp³-hybridized carbons (Fsp3) is 0.333. The van der Waals surface area contributed by atoms with Crippen LogP contribution in [-0.2, 0) is 6.42 Å². The van der Waals surface area contributed by atoms with E-state index < -0.39 is 0 Å². The highest BCUT2D eigenvalue weighted by Gasteiger charge is 2.09. The maximum Gasteiger partial charge on any atom is 0.0340 e. The van der Waals surface area contributed by atoms with Crippen molar-refractivity contribution in [2.45, 2.75) is 34.1 Å². The predicted octanol–water partition coefficient (Wildman–Crippen LogP) is 4.55. The summed E-state index contributed by atoms with van der Waals surface area (Å²) in [4.78, 5) is 0. The van der Waals surface area contributed by atoms with E-state index >= 15 is 0 Å². The second-order valence-corrected chi connectivity index (χ2v) is 5.37. The van der Waals surface area contributed by atoms with Crippen LogP contribution in [0.15, 0.2) is 30.3 Å². The Hall–Kier alpha value is -1.76. The molecule has 1 nitrogen and oxygen atoms in total. The molecule has 2 aromatic rings. The van der Waals surface area contributed by atoms with Gasteiger partial charge in [0.2, 0.25) is 0 Å². The van der Waals surface area contributed by atoms with Gasteiger partial charge in [-0.1, -0.05) is 18.2 Å². The van der Waals surface area contributed by atoms with Gasteiger partial charge in [-0.15, -0.1) is 0 Å². The van der Waals surface area contributed by atoms with E-state index in [1.807, 2.05) is 7.05 Å². The first-order valence-corrected chi connectivity index (χ1v) is 6.86.